The monoisotopic (exact) mass is 399 g/mol. The highest BCUT2D eigenvalue weighted by Crippen LogP contribution is 2.22. The van der Waals surface area contributed by atoms with E-state index in [4.69, 9.17) is 23.2 Å². The Bertz CT molecular complexity index is 967. The molecule has 0 aliphatic carbocycles. The van der Waals surface area contributed by atoms with E-state index in [0.717, 1.165) is 36.1 Å². The molecule has 2 heterocycles. The summed E-state index contributed by atoms with van der Waals surface area (Å²) >= 11 is 12.3. The number of amides is 1. The molecule has 1 fully saturated rings. The van der Waals surface area contributed by atoms with Crippen LogP contribution in [0.2, 0.25) is 10.2 Å². The van der Waals surface area contributed by atoms with E-state index in [0.29, 0.717) is 28.8 Å². The van der Waals surface area contributed by atoms with Crippen LogP contribution in [0.5, 0.6) is 0 Å². The van der Waals surface area contributed by atoms with Gasteiger partial charge in [0.1, 0.15) is 5.15 Å². The SMILES string of the molecule is O=C(c1ccc(Cl)cc1)N1CCN(Cc2cc3ccccc3nc2Cl)CC1. The third-order valence-electron chi connectivity index (χ3n) is 4.89. The zero-order chi connectivity index (χ0) is 18.8. The third-order valence-corrected chi connectivity index (χ3v) is 5.47. The number of carbonyl (C=O) groups is 1. The molecule has 0 atom stereocenters. The maximum Gasteiger partial charge on any atom is 0.253 e. The smallest absolute Gasteiger partial charge is 0.253 e. The molecular weight excluding hydrogens is 381 g/mol. The van der Waals surface area contributed by atoms with Crippen LogP contribution < -0.4 is 0 Å². The number of benzene rings is 2. The first kappa shape index (κ1) is 18.2. The van der Waals surface area contributed by atoms with Crippen molar-refractivity contribution >= 4 is 40.0 Å². The van der Waals surface area contributed by atoms with Crippen molar-refractivity contribution in [3.63, 3.8) is 0 Å². The number of aromatic nitrogens is 1. The Morgan fingerprint density at radius 3 is 2.41 bits per heavy atom. The van der Waals surface area contributed by atoms with Crippen LogP contribution in [-0.4, -0.2) is 46.9 Å². The number of hydrogen-bond donors (Lipinski definition) is 0. The minimum Gasteiger partial charge on any atom is -0.336 e. The van der Waals surface area contributed by atoms with Crippen LogP contribution in [0.4, 0.5) is 0 Å². The summed E-state index contributed by atoms with van der Waals surface area (Å²) in [5, 5.41) is 2.28. The molecule has 1 aliphatic rings. The Morgan fingerprint density at radius 2 is 1.67 bits per heavy atom. The van der Waals surface area contributed by atoms with Gasteiger partial charge in [-0.2, -0.15) is 0 Å². The van der Waals surface area contributed by atoms with E-state index in [1.165, 1.54) is 0 Å². The number of carbonyl (C=O) groups excluding carboxylic acids is 1. The van der Waals surface area contributed by atoms with Crippen LogP contribution in [0.1, 0.15) is 15.9 Å². The summed E-state index contributed by atoms with van der Waals surface area (Å²) in [5.74, 6) is 0.0525. The van der Waals surface area contributed by atoms with Crippen LogP contribution in [0.3, 0.4) is 0 Å². The molecule has 0 radical (unpaired) electrons. The number of pyridine rings is 1. The fraction of sp³-hybridized carbons (Fsp3) is 0.238. The summed E-state index contributed by atoms with van der Waals surface area (Å²) in [6.45, 7) is 3.74. The molecule has 27 heavy (non-hydrogen) atoms. The van der Waals surface area contributed by atoms with Gasteiger partial charge in [-0.05, 0) is 36.4 Å². The molecule has 3 aromatic rings. The van der Waals surface area contributed by atoms with E-state index < -0.39 is 0 Å². The van der Waals surface area contributed by atoms with Gasteiger partial charge in [0.05, 0.1) is 5.52 Å². The van der Waals surface area contributed by atoms with E-state index in [9.17, 15) is 4.79 Å². The second kappa shape index (κ2) is 7.85. The molecule has 0 bridgehead atoms. The van der Waals surface area contributed by atoms with Gasteiger partial charge in [-0.25, -0.2) is 4.98 Å². The summed E-state index contributed by atoms with van der Waals surface area (Å²) in [4.78, 5) is 21.3. The van der Waals surface area contributed by atoms with Gasteiger partial charge in [0.25, 0.3) is 5.91 Å². The second-order valence-electron chi connectivity index (χ2n) is 6.71. The molecule has 0 saturated carbocycles. The first-order valence-electron chi connectivity index (χ1n) is 8.91. The predicted molar refractivity (Wildman–Crippen MR) is 109 cm³/mol. The van der Waals surface area contributed by atoms with Crippen molar-refractivity contribution < 1.29 is 4.79 Å². The molecule has 0 unspecified atom stereocenters. The first-order valence-corrected chi connectivity index (χ1v) is 9.67. The van der Waals surface area contributed by atoms with Gasteiger partial charge in [0.2, 0.25) is 0 Å². The molecule has 4 rings (SSSR count). The molecular formula is C21H19Cl2N3O. The van der Waals surface area contributed by atoms with Crippen LogP contribution in [0.15, 0.2) is 54.6 Å². The van der Waals surface area contributed by atoms with Crippen molar-refractivity contribution in [1.29, 1.82) is 0 Å². The lowest BCUT2D eigenvalue weighted by Gasteiger charge is -2.35. The van der Waals surface area contributed by atoms with E-state index in [2.05, 4.69) is 16.0 Å². The first-order chi connectivity index (χ1) is 13.1. The van der Waals surface area contributed by atoms with E-state index in [1.54, 1.807) is 24.3 Å². The molecule has 0 spiro atoms. The second-order valence-corrected chi connectivity index (χ2v) is 7.50. The van der Waals surface area contributed by atoms with Crippen LogP contribution in [0.25, 0.3) is 10.9 Å². The summed E-state index contributed by atoms with van der Waals surface area (Å²) < 4.78 is 0. The average molecular weight is 400 g/mol. The number of rotatable bonds is 3. The van der Waals surface area contributed by atoms with Gasteiger partial charge in [0.15, 0.2) is 0 Å². The summed E-state index contributed by atoms with van der Waals surface area (Å²) in [6.07, 6.45) is 0. The maximum atomic E-state index is 12.6. The highest BCUT2D eigenvalue weighted by atomic mass is 35.5. The fourth-order valence-electron chi connectivity index (χ4n) is 3.37. The Balaban J connectivity index is 1.40. The van der Waals surface area contributed by atoms with Crippen molar-refractivity contribution in [2.24, 2.45) is 0 Å². The van der Waals surface area contributed by atoms with Crippen molar-refractivity contribution in [1.82, 2.24) is 14.8 Å². The van der Waals surface area contributed by atoms with Gasteiger partial charge < -0.3 is 4.90 Å². The average Bonchev–Trinajstić information content (AvgIpc) is 2.69. The quantitative estimate of drug-likeness (QED) is 0.608. The summed E-state index contributed by atoms with van der Waals surface area (Å²) in [5.41, 5.74) is 2.60. The third kappa shape index (κ3) is 4.08. The Morgan fingerprint density at radius 1 is 0.963 bits per heavy atom. The zero-order valence-corrected chi connectivity index (χ0v) is 16.2. The number of fused-ring (bicyclic) bond motifs is 1. The van der Waals surface area contributed by atoms with Gasteiger partial charge in [-0.3, -0.25) is 9.69 Å². The van der Waals surface area contributed by atoms with E-state index >= 15 is 0 Å². The molecule has 1 aliphatic heterocycles. The number of nitrogens with zero attached hydrogens (tertiary/aromatic N) is 3. The van der Waals surface area contributed by atoms with E-state index in [1.807, 2.05) is 29.2 Å². The number of piperazine rings is 1. The standard InChI is InChI=1S/C21H19Cl2N3O/c22-18-7-5-15(6-8-18)21(27)26-11-9-25(10-12-26)14-17-13-16-3-1-2-4-19(16)24-20(17)23/h1-8,13H,9-12,14H2. The Hall–Kier alpha value is -2.14. The lowest BCUT2D eigenvalue weighted by Crippen LogP contribution is -2.48. The molecule has 1 saturated heterocycles. The normalized spacial score (nSPS) is 15.3. The van der Waals surface area contributed by atoms with Crippen molar-refractivity contribution in [3.05, 3.63) is 75.9 Å². The molecule has 6 heteroatoms. The number of para-hydroxylation sites is 1. The van der Waals surface area contributed by atoms with Crippen molar-refractivity contribution in [3.8, 4) is 0 Å². The van der Waals surface area contributed by atoms with Gasteiger partial charge in [-0.1, -0.05) is 41.4 Å². The molecule has 2 aromatic carbocycles. The van der Waals surface area contributed by atoms with Crippen molar-refractivity contribution in [2.45, 2.75) is 6.54 Å². The van der Waals surface area contributed by atoms with Gasteiger partial charge in [0, 0.05) is 54.3 Å². The van der Waals surface area contributed by atoms with Gasteiger partial charge in [-0.15, -0.1) is 0 Å². The maximum absolute atomic E-state index is 12.6. The lowest BCUT2D eigenvalue weighted by molar-refractivity contribution is 0.0628. The molecule has 1 aromatic heterocycles. The largest absolute Gasteiger partial charge is 0.336 e. The van der Waals surface area contributed by atoms with Crippen LogP contribution in [-0.2, 0) is 6.54 Å². The number of hydrogen-bond acceptors (Lipinski definition) is 3. The van der Waals surface area contributed by atoms with Crippen LogP contribution >= 0.6 is 23.2 Å². The topological polar surface area (TPSA) is 36.4 Å². The van der Waals surface area contributed by atoms with Crippen LogP contribution in [0, 0.1) is 0 Å². The van der Waals surface area contributed by atoms with E-state index in [-0.39, 0.29) is 5.91 Å². The lowest BCUT2D eigenvalue weighted by atomic mass is 10.1. The minimum absolute atomic E-state index is 0.0525. The minimum atomic E-state index is 0.0525. The molecule has 1 amide bonds. The number of halogens is 2. The molecule has 138 valence electrons. The van der Waals surface area contributed by atoms with Crippen molar-refractivity contribution in [2.75, 3.05) is 26.2 Å². The van der Waals surface area contributed by atoms with Gasteiger partial charge >= 0.3 is 0 Å². The highest BCUT2D eigenvalue weighted by Gasteiger charge is 2.22. The fourth-order valence-corrected chi connectivity index (χ4v) is 3.70. The zero-order valence-electron chi connectivity index (χ0n) is 14.7. The molecule has 0 N–H and O–H groups in total. The Kier molecular flexibility index (Phi) is 5.30. The highest BCUT2D eigenvalue weighted by molar-refractivity contribution is 6.31. The predicted octanol–water partition coefficient (Wildman–Crippen LogP) is 4.50. The molecule has 4 nitrogen and oxygen atoms in total. The summed E-state index contributed by atoms with van der Waals surface area (Å²) in [7, 11) is 0. The summed E-state index contributed by atoms with van der Waals surface area (Å²) in [6, 6.07) is 17.1. The Labute approximate surface area is 168 Å².